The normalized spacial score (nSPS) is 19.5. The predicted octanol–water partition coefficient (Wildman–Crippen LogP) is 6.42. The van der Waals surface area contributed by atoms with Crippen molar-refractivity contribution >= 4 is 45.0 Å². The summed E-state index contributed by atoms with van der Waals surface area (Å²) in [5, 5.41) is 12.6. The lowest BCUT2D eigenvalue weighted by molar-refractivity contribution is -0.128. The van der Waals surface area contributed by atoms with Crippen LogP contribution in [0.15, 0.2) is 55.1 Å². The Hall–Kier alpha value is -3.95. The van der Waals surface area contributed by atoms with Gasteiger partial charge in [-0.05, 0) is 80.4 Å². The average molecular weight is 618 g/mol. The Balaban J connectivity index is 1.46. The lowest BCUT2D eigenvalue weighted by atomic mass is 9.96. The molecule has 3 heterocycles. The zero-order valence-electron chi connectivity index (χ0n) is 25.1. The Labute approximate surface area is 261 Å². The number of nitrogens with zero attached hydrogens (tertiary/aromatic N) is 5. The zero-order chi connectivity index (χ0) is 31.0. The molecule has 44 heavy (non-hydrogen) atoms. The first-order valence-corrected chi connectivity index (χ1v) is 15.6. The summed E-state index contributed by atoms with van der Waals surface area (Å²) in [6, 6.07) is 12.1. The Bertz CT molecular complexity index is 1730. The van der Waals surface area contributed by atoms with Crippen LogP contribution in [-0.4, -0.2) is 82.2 Å². The zero-order valence-corrected chi connectivity index (χ0v) is 25.9. The predicted molar refractivity (Wildman–Crippen MR) is 173 cm³/mol. The molecule has 2 atom stereocenters. The summed E-state index contributed by atoms with van der Waals surface area (Å²) in [5.74, 6) is -0.237. The van der Waals surface area contributed by atoms with E-state index in [2.05, 4.69) is 21.4 Å². The number of fused-ring (bicyclic) bond motifs is 2. The second-order valence-corrected chi connectivity index (χ2v) is 12.2. The van der Waals surface area contributed by atoms with Gasteiger partial charge in [0.25, 0.3) is 0 Å². The van der Waals surface area contributed by atoms with Crippen molar-refractivity contribution in [2.24, 2.45) is 0 Å². The maximum absolute atomic E-state index is 16.8. The van der Waals surface area contributed by atoms with E-state index in [-0.39, 0.29) is 45.9 Å². The van der Waals surface area contributed by atoms with Crippen LogP contribution in [0.25, 0.3) is 32.8 Å². The first-order valence-electron chi connectivity index (χ1n) is 15.2. The van der Waals surface area contributed by atoms with Crippen molar-refractivity contribution in [2.45, 2.75) is 45.2 Å². The van der Waals surface area contributed by atoms with Crippen molar-refractivity contribution < 1.29 is 19.0 Å². The number of phenols is 1. The fraction of sp³-hybridized carbons (Fsp3) is 0.382. The van der Waals surface area contributed by atoms with Gasteiger partial charge in [0, 0.05) is 42.7 Å². The number of carbonyl (C=O) groups is 1. The number of ether oxygens (including phenoxy) is 1. The van der Waals surface area contributed by atoms with Crippen LogP contribution in [0, 0.1) is 5.82 Å². The highest BCUT2D eigenvalue weighted by atomic mass is 35.5. The third kappa shape index (κ3) is 5.78. The minimum atomic E-state index is -0.617. The van der Waals surface area contributed by atoms with E-state index >= 15 is 4.39 Å². The molecule has 6 rings (SSSR count). The van der Waals surface area contributed by atoms with Gasteiger partial charge in [0.05, 0.1) is 5.02 Å². The van der Waals surface area contributed by atoms with E-state index in [1.54, 1.807) is 17.0 Å². The molecule has 1 amide bonds. The van der Waals surface area contributed by atoms with E-state index in [0.717, 1.165) is 30.4 Å². The molecule has 2 aliphatic heterocycles. The molecule has 1 aromatic heterocycles. The third-order valence-electron chi connectivity index (χ3n) is 8.76. The van der Waals surface area contributed by atoms with Crippen LogP contribution < -0.4 is 9.64 Å². The van der Waals surface area contributed by atoms with Crippen LogP contribution in [0.3, 0.4) is 0 Å². The molecule has 2 saturated heterocycles. The van der Waals surface area contributed by atoms with Gasteiger partial charge < -0.3 is 19.6 Å². The maximum atomic E-state index is 16.8. The lowest BCUT2D eigenvalue weighted by Gasteiger charge is -2.44. The van der Waals surface area contributed by atoms with Crippen LogP contribution in [0.5, 0.6) is 11.8 Å². The molecule has 0 spiro atoms. The number of carbonyl (C=O) groups excluding carboxylic acids is 1. The Morgan fingerprint density at radius 1 is 1.09 bits per heavy atom. The highest BCUT2D eigenvalue weighted by Crippen LogP contribution is 2.43. The van der Waals surface area contributed by atoms with Crippen LogP contribution >= 0.6 is 11.6 Å². The van der Waals surface area contributed by atoms with Gasteiger partial charge in [0.1, 0.15) is 23.7 Å². The topological polar surface area (TPSA) is 82.0 Å². The molecule has 0 radical (unpaired) electrons. The number of amides is 1. The highest BCUT2D eigenvalue weighted by molar-refractivity contribution is 6.35. The van der Waals surface area contributed by atoms with Crippen LogP contribution in [0.4, 0.5) is 10.2 Å². The molecule has 3 aromatic carbocycles. The van der Waals surface area contributed by atoms with Crippen LogP contribution in [0.2, 0.25) is 5.02 Å². The second-order valence-electron chi connectivity index (χ2n) is 11.8. The number of aromatic nitrogens is 2. The number of piperazine rings is 1. The fourth-order valence-electron chi connectivity index (χ4n) is 6.49. The highest BCUT2D eigenvalue weighted by Gasteiger charge is 2.34. The Morgan fingerprint density at radius 3 is 2.64 bits per heavy atom. The van der Waals surface area contributed by atoms with Gasteiger partial charge in [0.2, 0.25) is 5.91 Å². The van der Waals surface area contributed by atoms with Gasteiger partial charge in [0.15, 0.2) is 5.82 Å². The lowest BCUT2D eigenvalue weighted by Crippen LogP contribution is -2.58. The number of benzene rings is 3. The molecule has 2 aliphatic rings. The average Bonchev–Trinajstić information content (AvgIpc) is 3.02. The number of hydrogen-bond donors (Lipinski definition) is 1. The third-order valence-corrected chi connectivity index (χ3v) is 9.06. The van der Waals surface area contributed by atoms with Crippen molar-refractivity contribution in [3.63, 3.8) is 0 Å². The number of halogens is 2. The van der Waals surface area contributed by atoms with Gasteiger partial charge in [-0.25, -0.2) is 4.39 Å². The number of hydrogen-bond acceptors (Lipinski definition) is 7. The largest absolute Gasteiger partial charge is 0.508 e. The van der Waals surface area contributed by atoms with E-state index in [9.17, 15) is 9.90 Å². The smallest absolute Gasteiger partial charge is 0.319 e. The van der Waals surface area contributed by atoms with E-state index in [0.29, 0.717) is 36.5 Å². The first-order chi connectivity index (χ1) is 21.2. The van der Waals surface area contributed by atoms with Gasteiger partial charge in [-0.1, -0.05) is 48.9 Å². The standard InChI is InChI=1S/C34H37ClFN5O3/c1-4-29(43)40-19-22(3)41(20-21(40)2)33-27-18-28(35)30(26-17-24(42)16-23-10-6-7-11-25(23)26)31(36)32(27)37-34(38-33)44-15-14-39-12-8-5-9-13-39/h4,6-7,10-11,16-18,21-22,42H,1,5,8-9,12-15,19-20H2,2-3H3/t21-,22+/m1/s1. The Kier molecular flexibility index (Phi) is 8.60. The summed E-state index contributed by atoms with van der Waals surface area (Å²) in [4.78, 5) is 28.1. The number of likely N-dealkylation sites (tertiary alicyclic amines) is 1. The molecule has 4 aromatic rings. The summed E-state index contributed by atoms with van der Waals surface area (Å²) in [6.45, 7) is 11.7. The molecule has 8 nitrogen and oxygen atoms in total. The van der Waals surface area contributed by atoms with Crippen molar-refractivity contribution in [1.82, 2.24) is 19.8 Å². The number of aromatic hydroxyl groups is 1. The van der Waals surface area contributed by atoms with Gasteiger partial charge >= 0.3 is 6.01 Å². The molecule has 0 aliphatic carbocycles. The summed E-state index contributed by atoms with van der Waals surface area (Å²) in [6.07, 6.45) is 4.92. The number of anilines is 1. The van der Waals surface area contributed by atoms with E-state index in [1.807, 2.05) is 38.1 Å². The van der Waals surface area contributed by atoms with Crippen molar-refractivity contribution in [3.05, 3.63) is 66.0 Å². The molecular formula is C34H37ClFN5O3. The minimum absolute atomic E-state index is 0.00845. The van der Waals surface area contributed by atoms with E-state index in [1.165, 1.54) is 31.4 Å². The van der Waals surface area contributed by atoms with Gasteiger partial charge in [-0.3, -0.25) is 9.69 Å². The molecule has 230 valence electrons. The minimum Gasteiger partial charge on any atom is -0.508 e. The summed E-state index contributed by atoms with van der Waals surface area (Å²) in [7, 11) is 0. The first kappa shape index (κ1) is 30.1. The second kappa shape index (κ2) is 12.6. The van der Waals surface area contributed by atoms with E-state index in [4.69, 9.17) is 21.3 Å². The molecule has 0 unspecified atom stereocenters. The molecule has 10 heteroatoms. The monoisotopic (exact) mass is 617 g/mol. The molecular weight excluding hydrogens is 581 g/mol. The summed E-state index contributed by atoms with van der Waals surface area (Å²) in [5.41, 5.74) is 0.702. The maximum Gasteiger partial charge on any atom is 0.319 e. The van der Waals surface area contributed by atoms with Gasteiger partial charge in [-0.15, -0.1) is 0 Å². The molecule has 0 saturated carbocycles. The number of piperidine rings is 1. The molecule has 0 bridgehead atoms. The van der Waals surface area contributed by atoms with Crippen LogP contribution in [-0.2, 0) is 4.79 Å². The number of phenolic OH excluding ortho intramolecular Hbond substituents is 1. The molecule has 1 N–H and O–H groups in total. The quantitative estimate of drug-likeness (QED) is 0.240. The Morgan fingerprint density at radius 2 is 1.86 bits per heavy atom. The van der Waals surface area contributed by atoms with Gasteiger partial charge in [-0.2, -0.15) is 9.97 Å². The van der Waals surface area contributed by atoms with Crippen molar-refractivity contribution in [1.29, 1.82) is 0 Å². The number of rotatable bonds is 7. The summed E-state index contributed by atoms with van der Waals surface area (Å²) < 4.78 is 22.9. The van der Waals surface area contributed by atoms with Crippen LogP contribution in [0.1, 0.15) is 33.1 Å². The van der Waals surface area contributed by atoms with Crippen molar-refractivity contribution in [2.75, 3.05) is 44.2 Å². The molecule has 2 fully saturated rings. The van der Waals surface area contributed by atoms with E-state index < -0.39 is 5.82 Å². The fourth-order valence-corrected chi connectivity index (χ4v) is 6.78. The summed E-state index contributed by atoms with van der Waals surface area (Å²) >= 11 is 6.87. The SMILES string of the molecule is C=CC(=O)N1C[C@H](C)N(c2nc(OCCN3CCCCC3)nc3c(F)c(-c4cc(O)cc5ccccc45)c(Cl)cc23)C[C@H]1C. The van der Waals surface area contributed by atoms with Crippen molar-refractivity contribution in [3.8, 4) is 22.9 Å².